The second-order valence-corrected chi connectivity index (χ2v) is 7.94. The maximum Gasteiger partial charge on any atom is 0.250 e. The van der Waals surface area contributed by atoms with E-state index in [2.05, 4.69) is 14.9 Å². The second-order valence-electron chi connectivity index (χ2n) is 4.78. The number of H-pyrrole nitrogens is 1. The van der Waals surface area contributed by atoms with Crippen molar-refractivity contribution in [3.05, 3.63) is 34.5 Å². The minimum Gasteiger partial charge on any atom is -0.330 e. The van der Waals surface area contributed by atoms with Gasteiger partial charge in [0.15, 0.2) is 0 Å². The highest BCUT2D eigenvalue weighted by Crippen LogP contribution is 2.21. The Balaban J connectivity index is 1.84. The zero-order valence-corrected chi connectivity index (χ0v) is 13.6. The molecule has 0 aliphatic heterocycles. The van der Waals surface area contributed by atoms with Crippen LogP contribution in [-0.4, -0.2) is 31.7 Å². The van der Waals surface area contributed by atoms with Gasteiger partial charge in [-0.1, -0.05) is 0 Å². The van der Waals surface area contributed by atoms with Gasteiger partial charge in [0.1, 0.15) is 4.21 Å². The number of sulfonamides is 1. The Morgan fingerprint density at radius 3 is 2.86 bits per heavy atom. The Morgan fingerprint density at radius 1 is 1.38 bits per heavy atom. The minimum atomic E-state index is -3.40. The lowest BCUT2D eigenvalue weighted by atomic mass is 10.1. The molecule has 0 bridgehead atoms. The smallest absolute Gasteiger partial charge is 0.250 e. The van der Waals surface area contributed by atoms with Crippen LogP contribution in [0.3, 0.4) is 0 Å². The Morgan fingerprint density at radius 2 is 2.19 bits per heavy atom. The molecule has 0 radical (unpaired) electrons. The van der Waals surface area contributed by atoms with Gasteiger partial charge >= 0.3 is 0 Å². The van der Waals surface area contributed by atoms with E-state index in [0.717, 1.165) is 29.0 Å². The Labute approximate surface area is 128 Å². The molecule has 0 spiro atoms. The number of aromatic nitrogens is 2. The highest BCUT2D eigenvalue weighted by Gasteiger charge is 2.16. The summed E-state index contributed by atoms with van der Waals surface area (Å²) in [6.07, 6.45) is 4.02. The molecule has 6 nitrogen and oxygen atoms in total. The van der Waals surface area contributed by atoms with Crippen LogP contribution >= 0.6 is 11.3 Å². The standard InChI is InChI=1S/C13H20N4O2S2/c1-10-11(9-15-17-10)3-2-8-16-21(18,19)13-5-4-12(20-13)6-7-14/h4-5,9,16H,2-3,6-8,14H2,1H3,(H,15,17). The van der Waals surface area contributed by atoms with Crippen molar-refractivity contribution in [1.29, 1.82) is 0 Å². The summed E-state index contributed by atoms with van der Waals surface area (Å²) in [5.74, 6) is 0. The molecule has 8 heteroatoms. The van der Waals surface area contributed by atoms with Crippen LogP contribution in [-0.2, 0) is 22.9 Å². The first-order chi connectivity index (χ1) is 10.0. The van der Waals surface area contributed by atoms with Crippen molar-refractivity contribution in [3.8, 4) is 0 Å². The first kappa shape index (κ1) is 16.2. The van der Waals surface area contributed by atoms with Crippen molar-refractivity contribution in [2.24, 2.45) is 5.73 Å². The molecule has 0 saturated heterocycles. The summed E-state index contributed by atoms with van der Waals surface area (Å²) in [6.45, 7) is 2.89. The number of hydrogen-bond acceptors (Lipinski definition) is 5. The van der Waals surface area contributed by atoms with Gasteiger partial charge in [-0.2, -0.15) is 5.10 Å². The lowest BCUT2D eigenvalue weighted by Crippen LogP contribution is -2.24. The minimum absolute atomic E-state index is 0.352. The van der Waals surface area contributed by atoms with Crippen LogP contribution < -0.4 is 10.5 Å². The molecule has 2 heterocycles. The number of aryl methyl sites for hydroxylation is 2. The van der Waals surface area contributed by atoms with Crippen LogP contribution in [0.4, 0.5) is 0 Å². The summed E-state index contributed by atoms with van der Waals surface area (Å²) in [4.78, 5) is 0.992. The van der Waals surface area contributed by atoms with Gasteiger partial charge in [0.25, 0.3) is 0 Å². The number of nitrogens with two attached hydrogens (primary N) is 1. The molecule has 0 atom stereocenters. The number of nitrogens with one attached hydrogen (secondary N) is 2. The van der Waals surface area contributed by atoms with E-state index < -0.39 is 10.0 Å². The normalized spacial score (nSPS) is 11.9. The van der Waals surface area contributed by atoms with Crippen LogP contribution in [0.15, 0.2) is 22.5 Å². The zero-order valence-electron chi connectivity index (χ0n) is 11.9. The molecule has 0 saturated carbocycles. The fraction of sp³-hybridized carbons (Fsp3) is 0.462. The zero-order chi connectivity index (χ0) is 15.3. The molecule has 0 aliphatic carbocycles. The van der Waals surface area contributed by atoms with Gasteiger partial charge in [-0.3, -0.25) is 5.10 Å². The van der Waals surface area contributed by atoms with Gasteiger partial charge < -0.3 is 5.73 Å². The molecule has 0 aliphatic rings. The fourth-order valence-corrected chi connectivity index (χ4v) is 4.45. The number of hydrogen-bond donors (Lipinski definition) is 3. The lowest BCUT2D eigenvalue weighted by molar-refractivity contribution is 0.581. The molecule has 2 aromatic heterocycles. The molecule has 0 unspecified atom stereocenters. The maximum absolute atomic E-state index is 12.1. The van der Waals surface area contributed by atoms with E-state index in [1.165, 1.54) is 11.3 Å². The fourth-order valence-electron chi connectivity index (χ4n) is 1.96. The van der Waals surface area contributed by atoms with E-state index in [1.54, 1.807) is 12.3 Å². The molecule has 2 rings (SSSR count). The third kappa shape index (κ3) is 4.37. The van der Waals surface area contributed by atoms with Gasteiger partial charge in [-0.05, 0) is 50.4 Å². The number of aromatic amines is 1. The molecule has 21 heavy (non-hydrogen) atoms. The molecular formula is C13H20N4O2S2. The molecule has 0 fully saturated rings. The molecule has 116 valence electrons. The quantitative estimate of drug-likeness (QED) is 0.634. The van der Waals surface area contributed by atoms with Gasteiger partial charge in [-0.25, -0.2) is 13.1 Å². The lowest BCUT2D eigenvalue weighted by Gasteiger charge is -2.04. The topological polar surface area (TPSA) is 101 Å². The Hall–Kier alpha value is -1.22. The predicted octanol–water partition coefficient (Wildman–Crippen LogP) is 1.19. The summed E-state index contributed by atoms with van der Waals surface area (Å²) in [7, 11) is -3.40. The summed E-state index contributed by atoms with van der Waals surface area (Å²) >= 11 is 1.28. The van der Waals surface area contributed by atoms with E-state index in [-0.39, 0.29) is 0 Å². The number of nitrogens with zero attached hydrogens (tertiary/aromatic N) is 1. The second kappa shape index (κ2) is 7.17. The molecule has 0 amide bonds. The van der Waals surface area contributed by atoms with Crippen molar-refractivity contribution < 1.29 is 8.42 Å². The van der Waals surface area contributed by atoms with Crippen LogP contribution in [0.5, 0.6) is 0 Å². The van der Waals surface area contributed by atoms with Crippen molar-refractivity contribution in [1.82, 2.24) is 14.9 Å². The first-order valence-corrected chi connectivity index (χ1v) is 9.10. The van der Waals surface area contributed by atoms with E-state index in [1.807, 2.05) is 13.0 Å². The monoisotopic (exact) mass is 328 g/mol. The molecule has 2 aromatic rings. The van der Waals surface area contributed by atoms with E-state index in [9.17, 15) is 8.42 Å². The van der Waals surface area contributed by atoms with E-state index in [0.29, 0.717) is 23.7 Å². The Kier molecular flexibility index (Phi) is 5.51. The van der Waals surface area contributed by atoms with Gasteiger partial charge in [0, 0.05) is 17.1 Å². The SMILES string of the molecule is Cc1[nH]ncc1CCCNS(=O)(=O)c1ccc(CCN)s1. The third-order valence-electron chi connectivity index (χ3n) is 3.14. The van der Waals surface area contributed by atoms with Crippen LogP contribution in [0.2, 0.25) is 0 Å². The van der Waals surface area contributed by atoms with Gasteiger partial charge in [0.05, 0.1) is 6.20 Å². The number of rotatable bonds is 8. The van der Waals surface area contributed by atoms with Gasteiger partial charge in [0.2, 0.25) is 10.0 Å². The van der Waals surface area contributed by atoms with E-state index in [4.69, 9.17) is 5.73 Å². The van der Waals surface area contributed by atoms with Crippen molar-refractivity contribution in [3.63, 3.8) is 0 Å². The summed E-state index contributed by atoms with van der Waals surface area (Å²) in [6, 6.07) is 3.46. The largest absolute Gasteiger partial charge is 0.330 e. The summed E-state index contributed by atoms with van der Waals surface area (Å²) in [5.41, 5.74) is 7.62. The highest BCUT2D eigenvalue weighted by atomic mass is 32.2. The highest BCUT2D eigenvalue weighted by molar-refractivity contribution is 7.91. The van der Waals surface area contributed by atoms with Crippen molar-refractivity contribution >= 4 is 21.4 Å². The van der Waals surface area contributed by atoms with Crippen molar-refractivity contribution in [2.75, 3.05) is 13.1 Å². The maximum atomic E-state index is 12.1. The van der Waals surface area contributed by atoms with E-state index >= 15 is 0 Å². The molecule has 4 N–H and O–H groups in total. The Bertz CT molecular complexity index is 676. The van der Waals surface area contributed by atoms with Crippen LogP contribution in [0, 0.1) is 6.92 Å². The molecular weight excluding hydrogens is 308 g/mol. The molecule has 0 aromatic carbocycles. The average Bonchev–Trinajstić information content (AvgIpc) is 3.05. The third-order valence-corrected chi connectivity index (χ3v) is 6.24. The van der Waals surface area contributed by atoms with Crippen LogP contribution in [0.25, 0.3) is 0 Å². The average molecular weight is 328 g/mol. The summed E-state index contributed by atoms with van der Waals surface area (Å²) < 4.78 is 27.2. The number of thiophene rings is 1. The van der Waals surface area contributed by atoms with Gasteiger partial charge in [-0.15, -0.1) is 11.3 Å². The predicted molar refractivity (Wildman–Crippen MR) is 83.9 cm³/mol. The van der Waals surface area contributed by atoms with Crippen LogP contribution in [0.1, 0.15) is 22.6 Å². The van der Waals surface area contributed by atoms with Crippen molar-refractivity contribution in [2.45, 2.75) is 30.4 Å². The first-order valence-electron chi connectivity index (χ1n) is 6.80. The summed E-state index contributed by atoms with van der Waals surface area (Å²) in [5, 5.41) is 6.81.